The molecule has 0 N–H and O–H groups in total. The monoisotopic (exact) mass is 197 g/mol. The van der Waals surface area contributed by atoms with Gasteiger partial charge in [-0.2, -0.15) is 0 Å². The highest BCUT2D eigenvalue weighted by Crippen LogP contribution is 2.27. The molecule has 1 aromatic rings. The third-order valence-electron chi connectivity index (χ3n) is 2.12. The molecule has 0 bridgehead atoms. The van der Waals surface area contributed by atoms with E-state index in [9.17, 15) is 8.78 Å². The van der Waals surface area contributed by atoms with Gasteiger partial charge in [-0.25, -0.2) is 8.78 Å². The lowest BCUT2D eigenvalue weighted by atomic mass is 10.0. The van der Waals surface area contributed by atoms with Crippen LogP contribution in [0.5, 0.6) is 0 Å². The first-order chi connectivity index (χ1) is 6.45. The lowest BCUT2D eigenvalue weighted by Crippen LogP contribution is -2.08. The van der Waals surface area contributed by atoms with Gasteiger partial charge in [0.25, 0.3) is 5.92 Å². The number of benzene rings is 1. The summed E-state index contributed by atoms with van der Waals surface area (Å²) in [5.74, 6) is -2.79. The Hall–Kier alpha value is -1.25. The van der Waals surface area contributed by atoms with Gasteiger partial charge in [0.05, 0.1) is 0 Å². The number of alkyl halides is 2. The molecule has 1 aromatic carbocycles. The second-order valence-corrected chi connectivity index (χ2v) is 3.28. The number of halogens is 2. The first kappa shape index (κ1) is 10.8. The number of hydrogen-bond acceptors (Lipinski definition) is 1. The Bertz CT molecular complexity index is 351. The number of rotatable bonds is 2. The minimum absolute atomic E-state index is 0.0259. The van der Waals surface area contributed by atoms with E-state index in [1.807, 2.05) is 0 Å². The van der Waals surface area contributed by atoms with Crippen molar-refractivity contribution in [2.24, 2.45) is 4.99 Å². The Morgan fingerprint density at radius 1 is 1.36 bits per heavy atom. The zero-order chi connectivity index (χ0) is 10.8. The molecule has 0 spiro atoms. The molecule has 1 nitrogen and oxygen atoms in total. The summed E-state index contributed by atoms with van der Waals surface area (Å²) < 4.78 is 25.9. The molecule has 0 unspecified atom stereocenters. The molecule has 0 saturated heterocycles. The molecule has 0 atom stereocenters. The second-order valence-electron chi connectivity index (χ2n) is 3.28. The molecule has 0 saturated carbocycles. The van der Waals surface area contributed by atoms with E-state index in [1.54, 1.807) is 26.1 Å². The highest BCUT2D eigenvalue weighted by atomic mass is 19.3. The van der Waals surface area contributed by atoms with Gasteiger partial charge in [0.1, 0.15) is 0 Å². The standard InChI is InChI=1S/C11H13F2N/c1-8(14-3)9-5-4-6-10(7-9)11(2,12)13/h4-7H,1-3H3. The topological polar surface area (TPSA) is 12.4 Å². The van der Waals surface area contributed by atoms with Gasteiger partial charge in [0, 0.05) is 25.2 Å². The Morgan fingerprint density at radius 3 is 2.50 bits per heavy atom. The number of aliphatic imine (C=N–C) groups is 1. The van der Waals surface area contributed by atoms with Gasteiger partial charge in [0.2, 0.25) is 0 Å². The van der Waals surface area contributed by atoms with Gasteiger partial charge in [0.15, 0.2) is 0 Å². The lowest BCUT2D eigenvalue weighted by Gasteiger charge is -2.11. The summed E-state index contributed by atoms with van der Waals surface area (Å²) in [5, 5.41) is 0. The van der Waals surface area contributed by atoms with Crippen molar-refractivity contribution in [3.05, 3.63) is 35.4 Å². The summed E-state index contributed by atoms with van der Waals surface area (Å²) in [5.41, 5.74) is 1.53. The third-order valence-corrected chi connectivity index (χ3v) is 2.12. The van der Waals surface area contributed by atoms with E-state index in [0.717, 1.165) is 18.2 Å². The highest BCUT2D eigenvalue weighted by Gasteiger charge is 2.24. The Morgan fingerprint density at radius 2 is 2.00 bits per heavy atom. The van der Waals surface area contributed by atoms with E-state index in [4.69, 9.17) is 0 Å². The number of nitrogens with zero attached hydrogens (tertiary/aromatic N) is 1. The third kappa shape index (κ3) is 2.37. The predicted molar refractivity (Wildman–Crippen MR) is 54.1 cm³/mol. The fourth-order valence-corrected chi connectivity index (χ4v) is 1.15. The van der Waals surface area contributed by atoms with Gasteiger partial charge in [-0.1, -0.05) is 18.2 Å². The van der Waals surface area contributed by atoms with E-state index >= 15 is 0 Å². The van der Waals surface area contributed by atoms with E-state index in [2.05, 4.69) is 4.99 Å². The Labute approximate surface area is 82.5 Å². The minimum atomic E-state index is -2.79. The molecule has 14 heavy (non-hydrogen) atoms. The van der Waals surface area contributed by atoms with Gasteiger partial charge >= 0.3 is 0 Å². The first-order valence-electron chi connectivity index (χ1n) is 4.37. The molecule has 0 radical (unpaired) electrons. The van der Waals surface area contributed by atoms with Crippen molar-refractivity contribution >= 4 is 5.71 Å². The molecule has 0 fully saturated rings. The SMILES string of the molecule is CN=C(C)c1cccc(C(C)(F)F)c1. The van der Waals surface area contributed by atoms with E-state index in [1.165, 1.54) is 12.1 Å². The van der Waals surface area contributed by atoms with Crippen LogP contribution < -0.4 is 0 Å². The van der Waals surface area contributed by atoms with Crippen LogP contribution in [0.4, 0.5) is 8.78 Å². The predicted octanol–water partition coefficient (Wildman–Crippen LogP) is 3.24. The minimum Gasteiger partial charge on any atom is -0.293 e. The largest absolute Gasteiger partial charge is 0.293 e. The van der Waals surface area contributed by atoms with Crippen LogP contribution in [-0.2, 0) is 5.92 Å². The van der Waals surface area contributed by atoms with Gasteiger partial charge in [-0.05, 0) is 18.6 Å². The normalized spacial score (nSPS) is 13.1. The van der Waals surface area contributed by atoms with Crippen LogP contribution >= 0.6 is 0 Å². The van der Waals surface area contributed by atoms with Gasteiger partial charge in [-0.3, -0.25) is 4.99 Å². The molecule has 76 valence electrons. The first-order valence-corrected chi connectivity index (χ1v) is 4.37. The second kappa shape index (κ2) is 3.86. The van der Waals surface area contributed by atoms with Gasteiger partial charge in [-0.15, -0.1) is 0 Å². The van der Waals surface area contributed by atoms with Gasteiger partial charge < -0.3 is 0 Å². The summed E-state index contributed by atoms with van der Waals surface area (Å²) in [7, 11) is 1.64. The van der Waals surface area contributed by atoms with Crippen molar-refractivity contribution in [3.63, 3.8) is 0 Å². The van der Waals surface area contributed by atoms with Crippen molar-refractivity contribution in [2.75, 3.05) is 7.05 Å². The van der Waals surface area contributed by atoms with E-state index in [-0.39, 0.29) is 5.56 Å². The molecule has 0 amide bonds. The Kier molecular flexibility index (Phi) is 2.99. The van der Waals surface area contributed by atoms with Crippen molar-refractivity contribution in [2.45, 2.75) is 19.8 Å². The Balaban J connectivity index is 3.14. The highest BCUT2D eigenvalue weighted by molar-refractivity contribution is 5.98. The molecule has 0 aliphatic heterocycles. The molecule has 1 rings (SSSR count). The van der Waals surface area contributed by atoms with Crippen LogP contribution in [-0.4, -0.2) is 12.8 Å². The van der Waals surface area contributed by atoms with E-state index < -0.39 is 5.92 Å². The lowest BCUT2D eigenvalue weighted by molar-refractivity contribution is 0.0174. The van der Waals surface area contributed by atoms with Crippen LogP contribution in [0.25, 0.3) is 0 Å². The zero-order valence-electron chi connectivity index (χ0n) is 8.51. The van der Waals surface area contributed by atoms with Crippen molar-refractivity contribution < 1.29 is 8.78 Å². The average molecular weight is 197 g/mol. The summed E-state index contributed by atoms with van der Waals surface area (Å²) in [4.78, 5) is 3.95. The molecular weight excluding hydrogens is 184 g/mol. The molecule has 0 heterocycles. The molecule has 0 aliphatic carbocycles. The quantitative estimate of drug-likeness (QED) is 0.645. The number of hydrogen-bond donors (Lipinski definition) is 0. The summed E-state index contributed by atoms with van der Waals surface area (Å²) in [6, 6.07) is 6.29. The maximum atomic E-state index is 13.0. The van der Waals surface area contributed by atoms with Crippen molar-refractivity contribution in [3.8, 4) is 0 Å². The van der Waals surface area contributed by atoms with Crippen LogP contribution in [0.2, 0.25) is 0 Å². The fourth-order valence-electron chi connectivity index (χ4n) is 1.15. The zero-order valence-corrected chi connectivity index (χ0v) is 8.51. The molecule has 0 aliphatic rings. The maximum absolute atomic E-state index is 13.0. The summed E-state index contributed by atoms with van der Waals surface area (Å²) in [6.07, 6.45) is 0. The molecule has 0 aromatic heterocycles. The van der Waals surface area contributed by atoms with Crippen LogP contribution in [0, 0.1) is 0 Å². The average Bonchev–Trinajstić information content (AvgIpc) is 2.15. The summed E-state index contributed by atoms with van der Waals surface area (Å²) >= 11 is 0. The molecule has 3 heteroatoms. The van der Waals surface area contributed by atoms with E-state index in [0.29, 0.717) is 0 Å². The van der Waals surface area contributed by atoms with Crippen LogP contribution in [0.3, 0.4) is 0 Å². The maximum Gasteiger partial charge on any atom is 0.270 e. The summed E-state index contributed by atoms with van der Waals surface area (Å²) in [6.45, 7) is 2.69. The fraction of sp³-hybridized carbons (Fsp3) is 0.364. The molecular formula is C11H13F2N. The van der Waals surface area contributed by atoms with Crippen molar-refractivity contribution in [1.29, 1.82) is 0 Å². The van der Waals surface area contributed by atoms with Crippen molar-refractivity contribution in [1.82, 2.24) is 0 Å². The van der Waals surface area contributed by atoms with Crippen LogP contribution in [0.1, 0.15) is 25.0 Å². The van der Waals surface area contributed by atoms with Crippen LogP contribution in [0.15, 0.2) is 29.3 Å². The smallest absolute Gasteiger partial charge is 0.270 e.